The minimum absolute atomic E-state index is 0.297. The van der Waals surface area contributed by atoms with Crippen molar-refractivity contribution in [3.05, 3.63) is 6.33 Å². The van der Waals surface area contributed by atoms with Gasteiger partial charge in [-0.1, -0.05) is 6.42 Å². The molecule has 112 valence electrons. The standard InChI is InChI=1S/C14H21N7/c15-14-18-12-11(16-9-17-12)13(19-14)21-7-4-10(8-21)20-5-2-1-3-6-20/h9-10H,1-8H2,(H3,15,16,17,18,19). The Balaban J connectivity index is 1.57. The molecule has 21 heavy (non-hydrogen) atoms. The topological polar surface area (TPSA) is 87.0 Å². The van der Waals surface area contributed by atoms with Crippen LogP contribution in [0.25, 0.3) is 11.2 Å². The van der Waals surface area contributed by atoms with Gasteiger partial charge in [0, 0.05) is 19.1 Å². The molecule has 2 fully saturated rings. The predicted molar refractivity (Wildman–Crippen MR) is 82.1 cm³/mol. The van der Waals surface area contributed by atoms with Gasteiger partial charge in [0.2, 0.25) is 5.95 Å². The number of H-pyrrole nitrogens is 1. The van der Waals surface area contributed by atoms with Gasteiger partial charge in [-0.15, -0.1) is 0 Å². The van der Waals surface area contributed by atoms with Crippen LogP contribution in [0.4, 0.5) is 11.8 Å². The van der Waals surface area contributed by atoms with E-state index in [2.05, 4.69) is 29.7 Å². The van der Waals surface area contributed by atoms with E-state index in [0.29, 0.717) is 17.6 Å². The van der Waals surface area contributed by atoms with Crippen molar-refractivity contribution in [2.45, 2.75) is 31.7 Å². The molecule has 2 aliphatic heterocycles. The molecular formula is C14H21N7. The molecule has 3 N–H and O–H groups in total. The van der Waals surface area contributed by atoms with Crippen LogP contribution in [0.2, 0.25) is 0 Å². The van der Waals surface area contributed by atoms with Crippen molar-refractivity contribution >= 4 is 22.9 Å². The van der Waals surface area contributed by atoms with Crippen molar-refractivity contribution in [3.63, 3.8) is 0 Å². The second-order valence-corrected chi connectivity index (χ2v) is 5.99. The molecule has 1 atom stereocenters. The average molecular weight is 287 g/mol. The highest BCUT2D eigenvalue weighted by atomic mass is 15.3. The van der Waals surface area contributed by atoms with Crippen LogP contribution in [0.15, 0.2) is 6.33 Å². The zero-order chi connectivity index (χ0) is 14.2. The molecule has 0 amide bonds. The van der Waals surface area contributed by atoms with Crippen LogP contribution in [-0.2, 0) is 0 Å². The molecule has 0 saturated carbocycles. The molecule has 0 bridgehead atoms. The van der Waals surface area contributed by atoms with E-state index in [-0.39, 0.29) is 0 Å². The lowest BCUT2D eigenvalue weighted by atomic mass is 10.1. The molecule has 2 aromatic heterocycles. The van der Waals surface area contributed by atoms with E-state index in [9.17, 15) is 0 Å². The third kappa shape index (κ3) is 2.31. The van der Waals surface area contributed by atoms with Crippen LogP contribution in [0.5, 0.6) is 0 Å². The van der Waals surface area contributed by atoms with Gasteiger partial charge in [-0.2, -0.15) is 9.97 Å². The quantitative estimate of drug-likeness (QED) is 0.857. The summed E-state index contributed by atoms with van der Waals surface area (Å²) in [5.41, 5.74) is 7.36. The first kappa shape index (κ1) is 12.8. The Morgan fingerprint density at radius 1 is 1.14 bits per heavy atom. The van der Waals surface area contributed by atoms with E-state index in [1.165, 1.54) is 38.8 Å². The summed E-state index contributed by atoms with van der Waals surface area (Å²) < 4.78 is 0. The van der Waals surface area contributed by atoms with Gasteiger partial charge >= 0.3 is 0 Å². The Labute approximate surface area is 123 Å². The van der Waals surface area contributed by atoms with Crippen molar-refractivity contribution in [2.24, 2.45) is 0 Å². The molecule has 2 aromatic rings. The first-order valence-corrected chi connectivity index (χ1v) is 7.77. The fraction of sp³-hybridized carbons (Fsp3) is 0.643. The van der Waals surface area contributed by atoms with Crippen molar-refractivity contribution in [1.29, 1.82) is 0 Å². The van der Waals surface area contributed by atoms with Gasteiger partial charge < -0.3 is 15.6 Å². The lowest BCUT2D eigenvalue weighted by Crippen LogP contribution is -2.41. The highest BCUT2D eigenvalue weighted by Gasteiger charge is 2.30. The number of nitrogens with zero attached hydrogens (tertiary/aromatic N) is 5. The number of hydrogen-bond donors (Lipinski definition) is 2. The Morgan fingerprint density at radius 2 is 2.00 bits per heavy atom. The SMILES string of the molecule is Nc1nc(N2CCC(N3CCCCC3)C2)c2[nH]cnc2n1. The minimum Gasteiger partial charge on any atom is -0.368 e. The van der Waals surface area contributed by atoms with Crippen LogP contribution < -0.4 is 10.6 Å². The second-order valence-electron chi connectivity index (χ2n) is 5.99. The third-order valence-corrected chi connectivity index (χ3v) is 4.65. The molecule has 0 spiro atoms. The number of nitrogens with one attached hydrogen (secondary N) is 1. The van der Waals surface area contributed by atoms with Gasteiger partial charge in [0.1, 0.15) is 5.52 Å². The lowest BCUT2D eigenvalue weighted by molar-refractivity contribution is 0.175. The molecule has 1 unspecified atom stereocenters. The summed E-state index contributed by atoms with van der Waals surface area (Å²) in [6.45, 7) is 4.52. The summed E-state index contributed by atoms with van der Waals surface area (Å²) in [6, 6.07) is 0.638. The lowest BCUT2D eigenvalue weighted by Gasteiger charge is -2.32. The summed E-state index contributed by atoms with van der Waals surface area (Å²) in [5.74, 6) is 1.19. The maximum absolute atomic E-state index is 5.82. The largest absolute Gasteiger partial charge is 0.368 e. The predicted octanol–water partition coefficient (Wildman–Crippen LogP) is 1.000. The number of likely N-dealkylation sites (tertiary alicyclic amines) is 1. The summed E-state index contributed by atoms with van der Waals surface area (Å²) >= 11 is 0. The van der Waals surface area contributed by atoms with Crippen molar-refractivity contribution in [2.75, 3.05) is 36.8 Å². The molecule has 0 radical (unpaired) electrons. The Bertz CT molecular complexity index is 631. The van der Waals surface area contributed by atoms with Crippen LogP contribution in [0, 0.1) is 0 Å². The highest BCUT2D eigenvalue weighted by molar-refractivity contribution is 5.84. The van der Waals surface area contributed by atoms with Gasteiger partial charge in [0.25, 0.3) is 0 Å². The van der Waals surface area contributed by atoms with Gasteiger partial charge in [-0.25, -0.2) is 4.98 Å². The number of anilines is 2. The van der Waals surface area contributed by atoms with E-state index < -0.39 is 0 Å². The number of hydrogen-bond acceptors (Lipinski definition) is 6. The van der Waals surface area contributed by atoms with Crippen LogP contribution in [0.3, 0.4) is 0 Å². The summed E-state index contributed by atoms with van der Waals surface area (Å²) in [4.78, 5) is 20.9. The number of imidazole rings is 1. The molecule has 4 rings (SSSR count). The Hall–Kier alpha value is -1.89. The van der Waals surface area contributed by atoms with E-state index >= 15 is 0 Å². The Morgan fingerprint density at radius 3 is 2.86 bits per heavy atom. The normalized spacial score (nSPS) is 24.0. The first-order valence-electron chi connectivity index (χ1n) is 7.77. The number of aromatic nitrogens is 4. The van der Waals surface area contributed by atoms with Crippen molar-refractivity contribution < 1.29 is 0 Å². The van der Waals surface area contributed by atoms with Crippen LogP contribution in [-0.4, -0.2) is 57.1 Å². The van der Waals surface area contributed by atoms with E-state index in [1.807, 2.05) is 0 Å². The summed E-state index contributed by atoms with van der Waals surface area (Å²) in [5, 5.41) is 0. The van der Waals surface area contributed by atoms with Crippen LogP contribution in [0.1, 0.15) is 25.7 Å². The van der Waals surface area contributed by atoms with Crippen molar-refractivity contribution in [3.8, 4) is 0 Å². The molecule has 7 heteroatoms. The average Bonchev–Trinajstić information content (AvgIpc) is 3.16. The van der Waals surface area contributed by atoms with Gasteiger partial charge in [0.15, 0.2) is 11.5 Å². The maximum atomic E-state index is 5.82. The zero-order valence-corrected chi connectivity index (χ0v) is 12.1. The number of fused-ring (bicyclic) bond motifs is 1. The molecule has 4 heterocycles. The number of piperidine rings is 1. The smallest absolute Gasteiger partial charge is 0.224 e. The molecule has 0 aromatic carbocycles. The van der Waals surface area contributed by atoms with Gasteiger partial charge in [-0.3, -0.25) is 4.90 Å². The number of nitrogen functional groups attached to an aromatic ring is 1. The molecular weight excluding hydrogens is 266 g/mol. The van der Waals surface area contributed by atoms with E-state index in [1.54, 1.807) is 6.33 Å². The van der Waals surface area contributed by atoms with Crippen molar-refractivity contribution in [1.82, 2.24) is 24.8 Å². The summed E-state index contributed by atoms with van der Waals surface area (Å²) in [6.07, 6.45) is 6.90. The number of aromatic amines is 1. The molecule has 0 aliphatic carbocycles. The van der Waals surface area contributed by atoms with Crippen LogP contribution >= 0.6 is 0 Å². The summed E-state index contributed by atoms with van der Waals surface area (Å²) in [7, 11) is 0. The molecule has 2 saturated heterocycles. The van der Waals surface area contributed by atoms with E-state index in [0.717, 1.165) is 24.4 Å². The van der Waals surface area contributed by atoms with E-state index in [4.69, 9.17) is 5.73 Å². The fourth-order valence-electron chi connectivity index (χ4n) is 3.58. The number of nitrogens with two attached hydrogens (primary N) is 1. The van der Waals surface area contributed by atoms with Gasteiger partial charge in [0.05, 0.1) is 6.33 Å². The monoisotopic (exact) mass is 287 g/mol. The molecule has 7 nitrogen and oxygen atoms in total. The maximum Gasteiger partial charge on any atom is 0.224 e. The second kappa shape index (κ2) is 5.14. The molecule has 2 aliphatic rings. The highest BCUT2D eigenvalue weighted by Crippen LogP contribution is 2.28. The fourth-order valence-corrected chi connectivity index (χ4v) is 3.58. The van der Waals surface area contributed by atoms with Gasteiger partial charge in [-0.05, 0) is 32.4 Å². The first-order chi connectivity index (χ1) is 10.3. The Kier molecular flexibility index (Phi) is 3.14. The zero-order valence-electron chi connectivity index (χ0n) is 12.1. The minimum atomic E-state index is 0.297. The number of rotatable bonds is 2. The third-order valence-electron chi connectivity index (χ3n) is 4.65.